The molecule has 1 rings (SSSR count). The Morgan fingerprint density at radius 3 is 2.54 bits per heavy atom. The Morgan fingerprint density at radius 2 is 2.00 bits per heavy atom. The quantitative estimate of drug-likeness (QED) is 0.708. The number of para-hydroxylation sites is 1. The Bertz CT molecular complexity index is 314. The number of hydrogen-bond donors (Lipinski definition) is 2. The van der Waals surface area contributed by atoms with E-state index in [-0.39, 0.29) is 0 Å². The van der Waals surface area contributed by atoms with Crippen molar-refractivity contribution in [1.82, 2.24) is 0 Å². The lowest BCUT2D eigenvalue weighted by molar-refractivity contribution is 0.216. The van der Waals surface area contributed by atoms with E-state index in [1.807, 2.05) is 0 Å². The van der Waals surface area contributed by atoms with Gasteiger partial charge in [-0.25, -0.2) is 4.79 Å². The zero-order chi connectivity index (χ0) is 9.68. The van der Waals surface area contributed by atoms with Crippen LogP contribution in [0.3, 0.4) is 0 Å². The molecule has 0 saturated heterocycles. The SMILES string of the molecule is O=C(Nc1ccccc1)OS(=O)O. The van der Waals surface area contributed by atoms with Gasteiger partial charge in [0.1, 0.15) is 0 Å². The number of carbonyl (C=O) groups is 1. The molecular formula is C7H7NO4S. The van der Waals surface area contributed by atoms with E-state index < -0.39 is 17.5 Å². The summed E-state index contributed by atoms with van der Waals surface area (Å²) < 4.78 is 22.1. The fraction of sp³-hybridized carbons (Fsp3) is 0. The molecule has 1 aromatic rings. The highest BCUT2D eigenvalue weighted by atomic mass is 32.2. The van der Waals surface area contributed by atoms with Crippen LogP contribution in [0.1, 0.15) is 0 Å². The van der Waals surface area contributed by atoms with E-state index in [2.05, 4.69) is 9.50 Å². The van der Waals surface area contributed by atoms with Crippen LogP contribution in [0.25, 0.3) is 0 Å². The van der Waals surface area contributed by atoms with Crippen molar-refractivity contribution >= 4 is 23.1 Å². The third kappa shape index (κ3) is 3.68. The van der Waals surface area contributed by atoms with Crippen LogP contribution >= 0.6 is 0 Å². The fourth-order valence-electron chi connectivity index (χ4n) is 0.725. The lowest BCUT2D eigenvalue weighted by atomic mass is 10.3. The molecule has 13 heavy (non-hydrogen) atoms. The van der Waals surface area contributed by atoms with Crippen LogP contribution < -0.4 is 5.32 Å². The molecule has 0 bridgehead atoms. The molecule has 0 spiro atoms. The summed E-state index contributed by atoms with van der Waals surface area (Å²) in [5.41, 5.74) is 0.498. The molecule has 1 atom stereocenters. The summed E-state index contributed by atoms with van der Waals surface area (Å²) in [5, 5.41) is 2.26. The summed E-state index contributed by atoms with van der Waals surface area (Å²) in [7, 11) is 0. The zero-order valence-corrected chi connectivity index (χ0v) is 7.28. The van der Waals surface area contributed by atoms with Crippen LogP contribution in [0.2, 0.25) is 0 Å². The lowest BCUT2D eigenvalue weighted by Gasteiger charge is -2.01. The minimum atomic E-state index is -2.58. The van der Waals surface area contributed by atoms with Gasteiger partial charge in [-0.1, -0.05) is 18.2 Å². The first-order chi connectivity index (χ1) is 6.18. The van der Waals surface area contributed by atoms with E-state index in [0.717, 1.165) is 0 Å². The first-order valence-electron chi connectivity index (χ1n) is 3.33. The van der Waals surface area contributed by atoms with Gasteiger partial charge in [0.2, 0.25) is 0 Å². The van der Waals surface area contributed by atoms with Crippen LogP contribution in [0.4, 0.5) is 10.5 Å². The van der Waals surface area contributed by atoms with Gasteiger partial charge < -0.3 is 4.18 Å². The second kappa shape index (κ2) is 4.58. The third-order valence-corrected chi connectivity index (χ3v) is 1.46. The van der Waals surface area contributed by atoms with E-state index in [4.69, 9.17) is 4.55 Å². The second-order valence-corrected chi connectivity index (χ2v) is 2.68. The van der Waals surface area contributed by atoms with Gasteiger partial charge in [-0.15, -0.1) is 0 Å². The fourth-order valence-corrected chi connectivity index (χ4v) is 0.896. The molecule has 0 radical (unpaired) electrons. The Hall–Kier alpha value is -1.40. The second-order valence-electron chi connectivity index (χ2n) is 2.08. The number of carbonyl (C=O) groups excluding carboxylic acids is 1. The van der Waals surface area contributed by atoms with Crippen molar-refractivity contribution in [2.75, 3.05) is 5.32 Å². The highest BCUT2D eigenvalue weighted by Gasteiger charge is 2.05. The van der Waals surface area contributed by atoms with Gasteiger partial charge in [0.15, 0.2) is 0 Å². The Balaban J connectivity index is 2.50. The first kappa shape index (κ1) is 9.69. The molecule has 0 saturated carbocycles. The van der Waals surface area contributed by atoms with Gasteiger partial charge in [-0.3, -0.25) is 9.87 Å². The average Bonchev–Trinajstić information content (AvgIpc) is 2.04. The first-order valence-corrected chi connectivity index (χ1v) is 4.37. The van der Waals surface area contributed by atoms with Crippen molar-refractivity contribution in [3.05, 3.63) is 30.3 Å². The molecular weight excluding hydrogens is 194 g/mol. The molecule has 0 aromatic heterocycles. The number of rotatable bonds is 2. The molecule has 0 aliphatic heterocycles. The Labute approximate surface area is 77.2 Å². The van der Waals surface area contributed by atoms with Gasteiger partial charge in [0.25, 0.3) is 0 Å². The minimum Gasteiger partial charge on any atom is -0.325 e. The maximum Gasteiger partial charge on any atom is 0.427 e. The molecule has 1 aromatic carbocycles. The topological polar surface area (TPSA) is 75.6 Å². The Kier molecular flexibility index (Phi) is 3.41. The number of benzene rings is 1. The maximum absolute atomic E-state index is 10.7. The summed E-state index contributed by atoms with van der Waals surface area (Å²) in [6, 6.07) is 8.46. The van der Waals surface area contributed by atoms with Gasteiger partial charge in [-0.2, -0.15) is 4.21 Å². The highest BCUT2D eigenvalue weighted by Crippen LogP contribution is 2.05. The predicted molar refractivity (Wildman–Crippen MR) is 47.3 cm³/mol. The number of amides is 1. The van der Waals surface area contributed by atoms with Gasteiger partial charge in [0.05, 0.1) is 0 Å². The molecule has 1 amide bonds. The Morgan fingerprint density at radius 1 is 1.38 bits per heavy atom. The van der Waals surface area contributed by atoms with Crippen LogP contribution in [-0.2, 0) is 15.5 Å². The van der Waals surface area contributed by atoms with Crippen molar-refractivity contribution in [3.63, 3.8) is 0 Å². The smallest absolute Gasteiger partial charge is 0.325 e. The third-order valence-electron chi connectivity index (χ3n) is 1.17. The molecule has 0 heterocycles. The summed E-state index contributed by atoms with van der Waals surface area (Å²) in [6.45, 7) is 0. The van der Waals surface area contributed by atoms with Crippen LogP contribution in [0.5, 0.6) is 0 Å². The highest BCUT2D eigenvalue weighted by molar-refractivity contribution is 7.74. The summed E-state index contributed by atoms with van der Waals surface area (Å²) in [4.78, 5) is 10.7. The average molecular weight is 201 g/mol. The van der Waals surface area contributed by atoms with Crippen molar-refractivity contribution < 1.29 is 17.7 Å². The lowest BCUT2D eigenvalue weighted by Crippen LogP contribution is -2.14. The van der Waals surface area contributed by atoms with E-state index >= 15 is 0 Å². The van der Waals surface area contributed by atoms with Crippen molar-refractivity contribution in [2.45, 2.75) is 0 Å². The molecule has 0 fully saturated rings. The van der Waals surface area contributed by atoms with Crippen LogP contribution in [-0.4, -0.2) is 14.9 Å². The van der Waals surface area contributed by atoms with E-state index in [1.165, 1.54) is 0 Å². The maximum atomic E-state index is 10.7. The van der Waals surface area contributed by atoms with Crippen LogP contribution in [0, 0.1) is 0 Å². The largest absolute Gasteiger partial charge is 0.427 e. The number of anilines is 1. The molecule has 6 heteroatoms. The standard InChI is InChI=1S/C7H7NO4S/c9-7(12-13(10)11)8-6-4-2-1-3-5-6/h1-5H,(H,8,9)(H,10,11). The molecule has 70 valence electrons. The number of nitrogens with one attached hydrogen (secondary N) is 1. The van der Waals surface area contributed by atoms with Crippen molar-refractivity contribution in [2.24, 2.45) is 0 Å². The van der Waals surface area contributed by atoms with E-state index in [0.29, 0.717) is 5.69 Å². The van der Waals surface area contributed by atoms with Crippen molar-refractivity contribution in [3.8, 4) is 0 Å². The number of hydrogen-bond acceptors (Lipinski definition) is 3. The zero-order valence-electron chi connectivity index (χ0n) is 6.47. The van der Waals surface area contributed by atoms with Gasteiger partial charge >= 0.3 is 17.5 Å². The van der Waals surface area contributed by atoms with Gasteiger partial charge in [-0.05, 0) is 12.1 Å². The molecule has 5 nitrogen and oxygen atoms in total. The normalized spacial score (nSPS) is 11.8. The minimum absolute atomic E-state index is 0.498. The van der Waals surface area contributed by atoms with E-state index in [1.54, 1.807) is 30.3 Å². The molecule has 1 unspecified atom stereocenters. The van der Waals surface area contributed by atoms with E-state index in [9.17, 15) is 9.00 Å². The molecule has 0 aliphatic carbocycles. The summed E-state index contributed by atoms with van der Waals surface area (Å²) in [5.74, 6) is 0. The van der Waals surface area contributed by atoms with Crippen molar-refractivity contribution in [1.29, 1.82) is 0 Å². The summed E-state index contributed by atoms with van der Waals surface area (Å²) in [6.07, 6.45) is -0.966. The van der Waals surface area contributed by atoms with Crippen LogP contribution in [0.15, 0.2) is 30.3 Å². The molecule has 2 N–H and O–H groups in total. The monoisotopic (exact) mass is 201 g/mol. The predicted octanol–water partition coefficient (Wildman–Crippen LogP) is 1.37. The van der Waals surface area contributed by atoms with Gasteiger partial charge in [0, 0.05) is 5.69 Å². The molecule has 0 aliphatic rings. The summed E-state index contributed by atoms with van der Waals surface area (Å²) >= 11 is -2.58.